The van der Waals surface area contributed by atoms with E-state index in [1.165, 1.54) is 0 Å². The zero-order chi connectivity index (χ0) is 13.7. The van der Waals surface area contributed by atoms with Crippen LogP contribution in [-0.4, -0.2) is 12.5 Å². The Labute approximate surface area is 118 Å². The molecule has 2 aromatic rings. The molecule has 100 valence electrons. The van der Waals surface area contributed by atoms with Crippen molar-refractivity contribution in [3.05, 3.63) is 59.7 Å². The van der Waals surface area contributed by atoms with E-state index in [1.54, 1.807) is 0 Å². The van der Waals surface area contributed by atoms with Gasteiger partial charge >= 0.3 is 0 Å². The number of amides is 1. The van der Waals surface area contributed by atoms with Gasteiger partial charge in [-0.2, -0.15) is 0 Å². The van der Waals surface area contributed by atoms with Crippen molar-refractivity contribution in [3.63, 3.8) is 0 Å². The summed E-state index contributed by atoms with van der Waals surface area (Å²) in [5.41, 5.74) is 9.62. The van der Waals surface area contributed by atoms with Crippen molar-refractivity contribution < 1.29 is 4.79 Å². The van der Waals surface area contributed by atoms with E-state index in [-0.39, 0.29) is 11.3 Å². The molecule has 1 aliphatic heterocycles. The second kappa shape index (κ2) is 3.85. The Morgan fingerprint density at radius 3 is 2.45 bits per heavy atom. The van der Waals surface area contributed by atoms with Crippen LogP contribution in [0.1, 0.15) is 28.8 Å². The zero-order valence-electron chi connectivity index (χ0n) is 11.2. The first-order valence-corrected chi connectivity index (χ1v) is 6.97. The lowest BCUT2D eigenvalue weighted by Gasteiger charge is -2.35. The van der Waals surface area contributed by atoms with Gasteiger partial charge in [-0.25, -0.2) is 0 Å². The van der Waals surface area contributed by atoms with Crippen molar-refractivity contribution in [2.75, 3.05) is 17.2 Å². The quantitative estimate of drug-likeness (QED) is 0.805. The van der Waals surface area contributed by atoms with Gasteiger partial charge in [0.15, 0.2) is 0 Å². The second-order valence-electron chi connectivity index (χ2n) is 5.78. The molecule has 2 N–H and O–H groups in total. The predicted molar refractivity (Wildman–Crippen MR) is 79.9 cm³/mol. The average molecular weight is 264 g/mol. The molecule has 4 rings (SSSR count). The molecule has 0 radical (unpaired) electrons. The zero-order valence-corrected chi connectivity index (χ0v) is 11.2. The maximum absolute atomic E-state index is 12.8. The summed E-state index contributed by atoms with van der Waals surface area (Å²) in [5, 5.41) is 0. The molecule has 2 aromatic carbocycles. The Balaban J connectivity index is 1.88. The summed E-state index contributed by atoms with van der Waals surface area (Å²) >= 11 is 0. The molecule has 2 aliphatic rings. The Morgan fingerprint density at radius 1 is 1.00 bits per heavy atom. The minimum absolute atomic E-state index is 0.0295. The van der Waals surface area contributed by atoms with Crippen LogP contribution in [0.15, 0.2) is 48.5 Å². The third-order valence-corrected chi connectivity index (χ3v) is 4.51. The number of nitrogens with zero attached hydrogens (tertiary/aromatic N) is 1. The van der Waals surface area contributed by atoms with Gasteiger partial charge in [0.2, 0.25) is 0 Å². The number of anilines is 2. The molecule has 20 heavy (non-hydrogen) atoms. The molecule has 1 saturated carbocycles. The number of hydrogen-bond acceptors (Lipinski definition) is 2. The number of carbonyl (C=O) groups is 1. The molecule has 0 bridgehead atoms. The van der Waals surface area contributed by atoms with Crippen molar-refractivity contribution in [1.82, 2.24) is 0 Å². The highest BCUT2D eigenvalue weighted by Gasteiger charge is 2.52. The van der Waals surface area contributed by atoms with Crippen LogP contribution in [-0.2, 0) is 5.41 Å². The number of nitrogen functional groups attached to an aromatic ring is 1. The second-order valence-corrected chi connectivity index (χ2v) is 5.78. The first-order valence-electron chi connectivity index (χ1n) is 6.97. The van der Waals surface area contributed by atoms with Crippen molar-refractivity contribution >= 4 is 17.3 Å². The fourth-order valence-electron chi connectivity index (χ4n) is 3.24. The molecular weight excluding hydrogens is 248 g/mol. The molecular formula is C17H16N2O. The summed E-state index contributed by atoms with van der Waals surface area (Å²) < 4.78 is 0. The minimum atomic E-state index is 0.0295. The summed E-state index contributed by atoms with van der Waals surface area (Å²) in [4.78, 5) is 14.7. The summed E-state index contributed by atoms with van der Waals surface area (Å²) in [5.74, 6) is 0.0295. The number of rotatable bonds is 1. The monoisotopic (exact) mass is 264 g/mol. The molecule has 0 saturated heterocycles. The number of nitrogens with two attached hydrogens (primary N) is 1. The first kappa shape index (κ1) is 11.5. The highest BCUT2D eigenvalue weighted by molar-refractivity contribution is 6.12. The fraction of sp³-hybridized carbons (Fsp3) is 0.235. The molecule has 1 aliphatic carbocycles. The number of carbonyl (C=O) groups excluding carboxylic acids is 1. The molecule has 0 aromatic heterocycles. The van der Waals surface area contributed by atoms with Gasteiger partial charge in [0.25, 0.3) is 5.91 Å². The molecule has 3 heteroatoms. The summed E-state index contributed by atoms with van der Waals surface area (Å²) in [6.07, 6.45) is 2.28. The smallest absolute Gasteiger partial charge is 0.260 e. The van der Waals surface area contributed by atoms with Gasteiger partial charge in [-0.1, -0.05) is 30.3 Å². The molecule has 1 heterocycles. The normalized spacial score (nSPS) is 19.0. The van der Waals surface area contributed by atoms with Crippen LogP contribution < -0.4 is 10.6 Å². The van der Waals surface area contributed by atoms with E-state index >= 15 is 0 Å². The summed E-state index contributed by atoms with van der Waals surface area (Å²) in [6.45, 7) is 0.770. The molecule has 3 nitrogen and oxygen atoms in total. The standard InChI is InChI=1S/C17H16N2O/c18-14-8-4-7-13-15(14)16(20)19(11-17(13)9-10-17)12-5-2-1-3-6-12/h1-8H,9-11,18H2. The highest BCUT2D eigenvalue weighted by atomic mass is 16.2. The first-order chi connectivity index (χ1) is 9.71. The molecule has 1 spiro atoms. The van der Waals surface area contributed by atoms with E-state index in [9.17, 15) is 4.79 Å². The number of fused-ring (bicyclic) bond motifs is 2. The van der Waals surface area contributed by atoms with Gasteiger partial charge < -0.3 is 10.6 Å². The highest BCUT2D eigenvalue weighted by Crippen LogP contribution is 2.53. The van der Waals surface area contributed by atoms with E-state index in [0.717, 1.165) is 30.6 Å². The van der Waals surface area contributed by atoms with E-state index < -0.39 is 0 Å². The Bertz CT molecular complexity index is 689. The van der Waals surface area contributed by atoms with Crippen LogP contribution in [0.3, 0.4) is 0 Å². The Kier molecular flexibility index (Phi) is 2.22. The minimum Gasteiger partial charge on any atom is -0.398 e. The molecule has 0 atom stereocenters. The number of para-hydroxylation sites is 1. The van der Waals surface area contributed by atoms with E-state index in [1.807, 2.05) is 47.4 Å². The third kappa shape index (κ3) is 1.49. The predicted octanol–water partition coefficient (Wildman–Crippen LogP) is 2.96. The number of benzene rings is 2. The van der Waals surface area contributed by atoms with Gasteiger partial charge in [0.05, 0.1) is 5.56 Å². The Hall–Kier alpha value is -2.29. The van der Waals surface area contributed by atoms with Gasteiger partial charge in [-0.05, 0) is 36.6 Å². The largest absolute Gasteiger partial charge is 0.398 e. The SMILES string of the molecule is Nc1cccc2c1C(=O)N(c1ccccc1)CC21CC1. The number of hydrogen-bond donors (Lipinski definition) is 1. The maximum Gasteiger partial charge on any atom is 0.260 e. The topological polar surface area (TPSA) is 46.3 Å². The van der Waals surface area contributed by atoms with E-state index in [4.69, 9.17) is 5.73 Å². The van der Waals surface area contributed by atoms with Gasteiger partial charge in [-0.3, -0.25) is 4.79 Å². The lowest BCUT2D eigenvalue weighted by Crippen LogP contribution is -2.44. The van der Waals surface area contributed by atoms with Crippen molar-refractivity contribution in [2.24, 2.45) is 0 Å². The van der Waals surface area contributed by atoms with Gasteiger partial charge in [0.1, 0.15) is 0 Å². The lowest BCUT2D eigenvalue weighted by molar-refractivity contribution is 0.0975. The van der Waals surface area contributed by atoms with E-state index in [2.05, 4.69) is 6.07 Å². The van der Waals surface area contributed by atoms with Crippen LogP contribution in [0, 0.1) is 0 Å². The van der Waals surface area contributed by atoms with Crippen molar-refractivity contribution in [3.8, 4) is 0 Å². The summed E-state index contributed by atoms with van der Waals surface area (Å²) in [6, 6.07) is 15.7. The third-order valence-electron chi connectivity index (χ3n) is 4.51. The summed E-state index contributed by atoms with van der Waals surface area (Å²) in [7, 11) is 0. The van der Waals surface area contributed by atoms with Gasteiger partial charge in [-0.15, -0.1) is 0 Å². The van der Waals surface area contributed by atoms with Crippen molar-refractivity contribution in [1.29, 1.82) is 0 Å². The van der Waals surface area contributed by atoms with Crippen LogP contribution in [0.5, 0.6) is 0 Å². The van der Waals surface area contributed by atoms with Crippen LogP contribution in [0.4, 0.5) is 11.4 Å². The lowest BCUT2D eigenvalue weighted by atomic mass is 9.85. The average Bonchev–Trinajstić information content (AvgIpc) is 3.25. The molecule has 1 fully saturated rings. The van der Waals surface area contributed by atoms with Crippen molar-refractivity contribution in [2.45, 2.75) is 18.3 Å². The van der Waals surface area contributed by atoms with Crippen LogP contribution >= 0.6 is 0 Å². The fourth-order valence-corrected chi connectivity index (χ4v) is 3.24. The molecule has 0 unspecified atom stereocenters. The van der Waals surface area contributed by atoms with Gasteiger partial charge in [0, 0.05) is 23.3 Å². The molecule has 1 amide bonds. The Morgan fingerprint density at radius 2 is 1.75 bits per heavy atom. The maximum atomic E-state index is 12.8. The van der Waals surface area contributed by atoms with E-state index in [0.29, 0.717) is 11.3 Å². The van der Waals surface area contributed by atoms with Crippen LogP contribution in [0.25, 0.3) is 0 Å². The van der Waals surface area contributed by atoms with Crippen LogP contribution in [0.2, 0.25) is 0 Å².